The van der Waals surface area contributed by atoms with E-state index >= 15 is 0 Å². The number of carbonyl (C=O) groups is 1. The van der Waals surface area contributed by atoms with Crippen molar-refractivity contribution >= 4 is 29.1 Å². The molecule has 1 aromatic carbocycles. The Balaban J connectivity index is 2.23. The summed E-state index contributed by atoms with van der Waals surface area (Å²) in [5.41, 5.74) is 6.29. The van der Waals surface area contributed by atoms with Crippen LogP contribution in [-0.4, -0.2) is 18.0 Å². The average Bonchev–Trinajstić information content (AvgIpc) is 2.37. The SMILES string of the molecule is CC1(C)C(N)C(C)(C)C1NC(=O)c1cccc(Cl)c1Cl. The number of halogens is 2. The van der Waals surface area contributed by atoms with Gasteiger partial charge in [-0.2, -0.15) is 0 Å². The lowest BCUT2D eigenvalue weighted by Crippen LogP contribution is -2.76. The molecule has 110 valence electrons. The van der Waals surface area contributed by atoms with Crippen molar-refractivity contribution in [3.63, 3.8) is 0 Å². The molecule has 0 aliphatic heterocycles. The lowest BCUT2D eigenvalue weighted by molar-refractivity contribution is -0.0663. The third-order valence-electron chi connectivity index (χ3n) is 4.56. The Morgan fingerprint density at radius 3 is 2.30 bits per heavy atom. The second kappa shape index (κ2) is 4.90. The number of amides is 1. The van der Waals surface area contributed by atoms with Crippen molar-refractivity contribution in [2.75, 3.05) is 0 Å². The summed E-state index contributed by atoms with van der Waals surface area (Å²) in [5.74, 6) is -0.212. The summed E-state index contributed by atoms with van der Waals surface area (Å²) in [4.78, 5) is 12.4. The van der Waals surface area contributed by atoms with Crippen LogP contribution in [-0.2, 0) is 0 Å². The first-order valence-electron chi connectivity index (χ1n) is 6.60. The van der Waals surface area contributed by atoms with E-state index in [9.17, 15) is 4.79 Å². The molecule has 1 saturated carbocycles. The van der Waals surface area contributed by atoms with Crippen LogP contribution in [0.15, 0.2) is 18.2 Å². The molecule has 5 heteroatoms. The number of carbonyl (C=O) groups excluding carboxylic acids is 1. The van der Waals surface area contributed by atoms with Crippen molar-refractivity contribution in [3.8, 4) is 0 Å². The minimum Gasteiger partial charge on any atom is -0.348 e. The second-order valence-electron chi connectivity index (χ2n) is 6.63. The van der Waals surface area contributed by atoms with Crippen LogP contribution in [0.5, 0.6) is 0 Å². The smallest absolute Gasteiger partial charge is 0.253 e. The first-order chi connectivity index (χ1) is 9.10. The van der Waals surface area contributed by atoms with Gasteiger partial charge in [-0.3, -0.25) is 4.79 Å². The molecule has 1 amide bonds. The lowest BCUT2D eigenvalue weighted by Gasteiger charge is -2.62. The van der Waals surface area contributed by atoms with Gasteiger partial charge in [0, 0.05) is 22.9 Å². The van der Waals surface area contributed by atoms with Crippen LogP contribution in [0.2, 0.25) is 10.0 Å². The minimum absolute atomic E-state index is 0.00690. The van der Waals surface area contributed by atoms with Crippen molar-refractivity contribution in [2.45, 2.75) is 39.8 Å². The van der Waals surface area contributed by atoms with Gasteiger partial charge in [-0.05, 0) is 12.1 Å². The zero-order chi connectivity index (χ0) is 15.3. The van der Waals surface area contributed by atoms with Crippen LogP contribution in [0.3, 0.4) is 0 Å². The van der Waals surface area contributed by atoms with Gasteiger partial charge in [-0.15, -0.1) is 0 Å². The van der Waals surface area contributed by atoms with Crippen molar-refractivity contribution in [1.82, 2.24) is 5.32 Å². The van der Waals surface area contributed by atoms with E-state index in [4.69, 9.17) is 28.9 Å². The van der Waals surface area contributed by atoms with Gasteiger partial charge in [0.15, 0.2) is 0 Å². The predicted octanol–water partition coefficient (Wildman–Crippen LogP) is 3.49. The fourth-order valence-corrected chi connectivity index (χ4v) is 3.83. The highest BCUT2D eigenvalue weighted by Gasteiger charge is 2.60. The molecule has 3 nitrogen and oxygen atoms in total. The molecule has 1 aliphatic carbocycles. The summed E-state index contributed by atoms with van der Waals surface area (Å²) in [6.45, 7) is 8.25. The third kappa shape index (κ3) is 2.22. The van der Waals surface area contributed by atoms with Gasteiger partial charge in [0.05, 0.1) is 15.6 Å². The number of rotatable bonds is 2. The number of benzene rings is 1. The Hall–Kier alpha value is -0.770. The van der Waals surface area contributed by atoms with Crippen molar-refractivity contribution in [2.24, 2.45) is 16.6 Å². The molecule has 1 aromatic rings. The Morgan fingerprint density at radius 1 is 1.20 bits per heavy atom. The lowest BCUT2D eigenvalue weighted by atomic mass is 9.48. The topological polar surface area (TPSA) is 55.1 Å². The van der Waals surface area contributed by atoms with E-state index in [1.807, 2.05) is 0 Å². The van der Waals surface area contributed by atoms with Gasteiger partial charge >= 0.3 is 0 Å². The monoisotopic (exact) mass is 314 g/mol. The standard InChI is InChI=1S/C15H20Cl2N2O/c1-14(2)12(18)15(3,4)13(14)19-11(20)8-6-5-7-9(16)10(8)17/h5-7,12-13H,18H2,1-4H3,(H,19,20). The Bertz CT molecular complexity index is 539. The zero-order valence-electron chi connectivity index (χ0n) is 12.1. The largest absolute Gasteiger partial charge is 0.348 e. The normalized spacial score (nSPS) is 26.8. The van der Waals surface area contributed by atoms with Crippen LogP contribution in [0, 0.1) is 10.8 Å². The molecule has 0 saturated heterocycles. The van der Waals surface area contributed by atoms with Gasteiger partial charge in [-0.25, -0.2) is 0 Å². The van der Waals surface area contributed by atoms with E-state index in [1.54, 1.807) is 18.2 Å². The summed E-state index contributed by atoms with van der Waals surface area (Å²) >= 11 is 12.0. The number of hydrogen-bond acceptors (Lipinski definition) is 2. The maximum absolute atomic E-state index is 12.4. The molecule has 1 aliphatic rings. The average molecular weight is 315 g/mol. The molecule has 1 fully saturated rings. The van der Waals surface area contributed by atoms with Gasteiger partial charge in [0.25, 0.3) is 5.91 Å². The number of hydrogen-bond donors (Lipinski definition) is 2. The molecule has 0 spiro atoms. The summed E-state index contributed by atoms with van der Waals surface area (Å²) in [6.07, 6.45) is 0. The van der Waals surface area contributed by atoms with Crippen LogP contribution < -0.4 is 11.1 Å². The molecular weight excluding hydrogens is 295 g/mol. The van der Waals surface area contributed by atoms with Gasteiger partial charge in [0.2, 0.25) is 0 Å². The maximum atomic E-state index is 12.4. The predicted molar refractivity (Wildman–Crippen MR) is 83.3 cm³/mol. The fraction of sp³-hybridized carbons (Fsp3) is 0.533. The summed E-state index contributed by atoms with van der Waals surface area (Å²) in [7, 11) is 0. The van der Waals surface area contributed by atoms with E-state index in [1.165, 1.54) is 0 Å². The molecule has 0 heterocycles. The van der Waals surface area contributed by atoms with Gasteiger partial charge < -0.3 is 11.1 Å². The van der Waals surface area contributed by atoms with Gasteiger partial charge in [-0.1, -0.05) is 57.0 Å². The van der Waals surface area contributed by atoms with E-state index < -0.39 is 0 Å². The van der Waals surface area contributed by atoms with Crippen molar-refractivity contribution in [3.05, 3.63) is 33.8 Å². The highest BCUT2D eigenvalue weighted by atomic mass is 35.5. The van der Waals surface area contributed by atoms with Gasteiger partial charge in [0.1, 0.15) is 0 Å². The van der Waals surface area contributed by atoms with E-state index in [0.717, 1.165) is 0 Å². The summed E-state index contributed by atoms with van der Waals surface area (Å²) in [5, 5.41) is 3.71. The minimum atomic E-state index is -0.212. The molecular formula is C15H20Cl2N2O. The van der Waals surface area contributed by atoms with Crippen LogP contribution in [0.1, 0.15) is 38.1 Å². The van der Waals surface area contributed by atoms with Crippen LogP contribution in [0.25, 0.3) is 0 Å². The van der Waals surface area contributed by atoms with Crippen LogP contribution >= 0.6 is 23.2 Å². The summed E-state index contributed by atoms with van der Waals surface area (Å²) in [6, 6.07) is 5.07. The highest BCUT2D eigenvalue weighted by molar-refractivity contribution is 6.43. The highest BCUT2D eigenvalue weighted by Crippen LogP contribution is 2.52. The number of nitrogens with two attached hydrogens (primary N) is 1. The maximum Gasteiger partial charge on any atom is 0.253 e. The Kier molecular flexibility index (Phi) is 3.83. The molecule has 0 atom stereocenters. The first-order valence-corrected chi connectivity index (χ1v) is 7.36. The quantitative estimate of drug-likeness (QED) is 0.878. The van der Waals surface area contributed by atoms with Crippen LogP contribution in [0.4, 0.5) is 0 Å². The molecule has 3 N–H and O–H groups in total. The Morgan fingerprint density at radius 2 is 1.75 bits per heavy atom. The molecule has 2 rings (SSSR count). The van der Waals surface area contributed by atoms with Crippen molar-refractivity contribution < 1.29 is 4.79 Å². The fourth-order valence-electron chi connectivity index (χ4n) is 3.44. The molecule has 0 radical (unpaired) electrons. The van der Waals surface area contributed by atoms with Crippen molar-refractivity contribution in [1.29, 1.82) is 0 Å². The molecule has 0 aromatic heterocycles. The Labute approximate surface area is 129 Å². The number of nitrogens with one attached hydrogen (secondary N) is 1. The van der Waals surface area contributed by atoms with E-state index in [0.29, 0.717) is 10.6 Å². The zero-order valence-corrected chi connectivity index (χ0v) is 13.6. The summed E-state index contributed by atoms with van der Waals surface area (Å²) < 4.78 is 0. The molecule has 0 bridgehead atoms. The molecule has 0 unspecified atom stereocenters. The second-order valence-corrected chi connectivity index (χ2v) is 7.41. The third-order valence-corrected chi connectivity index (χ3v) is 5.38. The van der Waals surface area contributed by atoms with E-state index in [-0.39, 0.29) is 33.8 Å². The van der Waals surface area contributed by atoms with E-state index in [2.05, 4.69) is 33.0 Å². The molecule has 20 heavy (non-hydrogen) atoms. The first kappa shape index (κ1) is 15.6.